The third-order valence-corrected chi connectivity index (χ3v) is 4.73. The minimum Gasteiger partial charge on any atom is -0.497 e. The Morgan fingerprint density at radius 2 is 1.62 bits per heavy atom. The van der Waals surface area contributed by atoms with Gasteiger partial charge in [-0.2, -0.15) is 0 Å². The van der Waals surface area contributed by atoms with E-state index in [1.165, 1.54) is 11.1 Å². The molecule has 2 aromatic rings. The summed E-state index contributed by atoms with van der Waals surface area (Å²) in [5.41, 5.74) is 3.53. The van der Waals surface area contributed by atoms with Gasteiger partial charge in [-0.05, 0) is 47.7 Å². The van der Waals surface area contributed by atoms with Gasteiger partial charge in [0.25, 0.3) is 0 Å². The van der Waals surface area contributed by atoms with E-state index in [1.54, 1.807) is 14.2 Å². The zero-order valence-corrected chi connectivity index (χ0v) is 14.4. The van der Waals surface area contributed by atoms with E-state index in [0.29, 0.717) is 5.92 Å². The summed E-state index contributed by atoms with van der Waals surface area (Å²) in [7, 11) is 3.38. The monoisotopic (exact) mass is 327 g/mol. The highest BCUT2D eigenvalue weighted by molar-refractivity contribution is 5.40. The number of nitrogens with zero attached hydrogens (tertiary/aromatic N) is 1. The van der Waals surface area contributed by atoms with E-state index in [9.17, 15) is 0 Å². The van der Waals surface area contributed by atoms with Gasteiger partial charge in [-0.3, -0.25) is 4.90 Å². The molecule has 0 bridgehead atoms. The lowest BCUT2D eigenvalue weighted by molar-refractivity contribution is 0.281. The number of hydrogen-bond acceptors (Lipinski definition) is 4. The number of methoxy groups -OCH3 is 2. The summed E-state index contributed by atoms with van der Waals surface area (Å²) in [5.74, 6) is 2.20. The first-order valence-electron chi connectivity index (χ1n) is 8.36. The minimum atomic E-state index is 0.101. The van der Waals surface area contributed by atoms with Crippen molar-refractivity contribution in [3.05, 3.63) is 59.2 Å². The van der Waals surface area contributed by atoms with Crippen molar-refractivity contribution in [1.82, 2.24) is 4.90 Å². The van der Waals surface area contributed by atoms with Gasteiger partial charge in [0, 0.05) is 19.2 Å². The van der Waals surface area contributed by atoms with Gasteiger partial charge in [0.2, 0.25) is 0 Å². The Hall–Kier alpha value is -2.04. The van der Waals surface area contributed by atoms with Crippen LogP contribution in [-0.2, 0) is 13.2 Å². The van der Waals surface area contributed by atoms with E-state index in [0.717, 1.165) is 43.1 Å². The SMILES string of the molecule is COc1cc(OC)cc(C2CCN(Cc3ccc(CO)cc3)C2)c1. The fourth-order valence-corrected chi connectivity index (χ4v) is 3.32. The Morgan fingerprint density at radius 1 is 1.00 bits per heavy atom. The van der Waals surface area contributed by atoms with Crippen LogP contribution in [0.3, 0.4) is 0 Å². The molecule has 4 nitrogen and oxygen atoms in total. The van der Waals surface area contributed by atoms with E-state index < -0.39 is 0 Å². The van der Waals surface area contributed by atoms with Crippen molar-refractivity contribution in [2.24, 2.45) is 0 Å². The molecule has 128 valence electrons. The Labute approximate surface area is 143 Å². The van der Waals surface area contributed by atoms with Crippen LogP contribution < -0.4 is 9.47 Å². The molecule has 0 aromatic heterocycles. The second-order valence-electron chi connectivity index (χ2n) is 6.34. The molecular weight excluding hydrogens is 302 g/mol. The topological polar surface area (TPSA) is 41.9 Å². The molecule has 0 aliphatic carbocycles. The lowest BCUT2D eigenvalue weighted by atomic mass is 9.98. The molecule has 0 spiro atoms. The molecule has 1 heterocycles. The van der Waals surface area contributed by atoms with Crippen molar-refractivity contribution in [3.63, 3.8) is 0 Å². The number of rotatable bonds is 6. The standard InChI is InChI=1S/C20H25NO3/c1-23-19-9-18(10-20(11-19)24-2)17-7-8-21(13-17)12-15-3-5-16(14-22)6-4-15/h3-6,9-11,17,22H,7-8,12-14H2,1-2H3. The molecule has 4 heteroatoms. The van der Waals surface area contributed by atoms with Gasteiger partial charge in [-0.15, -0.1) is 0 Å². The number of benzene rings is 2. The van der Waals surface area contributed by atoms with E-state index in [-0.39, 0.29) is 6.61 Å². The molecular formula is C20H25NO3. The third-order valence-electron chi connectivity index (χ3n) is 4.73. The molecule has 3 rings (SSSR count). The highest BCUT2D eigenvalue weighted by Crippen LogP contribution is 2.33. The van der Waals surface area contributed by atoms with Crippen LogP contribution in [0.15, 0.2) is 42.5 Å². The number of aliphatic hydroxyl groups excluding tert-OH is 1. The summed E-state index contributed by atoms with van der Waals surface area (Å²) >= 11 is 0. The smallest absolute Gasteiger partial charge is 0.122 e. The molecule has 1 unspecified atom stereocenters. The average Bonchev–Trinajstić information content (AvgIpc) is 3.10. The molecule has 1 aliphatic rings. The molecule has 2 aromatic carbocycles. The average molecular weight is 327 g/mol. The lowest BCUT2D eigenvalue weighted by Crippen LogP contribution is -2.19. The molecule has 0 radical (unpaired) electrons. The van der Waals surface area contributed by atoms with E-state index >= 15 is 0 Å². The van der Waals surface area contributed by atoms with Crippen molar-refractivity contribution in [1.29, 1.82) is 0 Å². The van der Waals surface area contributed by atoms with Gasteiger partial charge in [-0.1, -0.05) is 24.3 Å². The zero-order valence-electron chi connectivity index (χ0n) is 14.4. The van der Waals surface area contributed by atoms with Crippen molar-refractivity contribution >= 4 is 0 Å². The largest absolute Gasteiger partial charge is 0.497 e. The van der Waals surface area contributed by atoms with Crippen LogP contribution in [0, 0.1) is 0 Å². The summed E-state index contributed by atoms with van der Waals surface area (Å²) < 4.78 is 10.8. The second kappa shape index (κ2) is 7.69. The summed E-state index contributed by atoms with van der Waals surface area (Å²) in [6.45, 7) is 3.18. The Morgan fingerprint density at radius 3 is 2.21 bits per heavy atom. The molecule has 1 atom stereocenters. The van der Waals surface area contributed by atoms with Crippen LogP contribution in [0.2, 0.25) is 0 Å². The third kappa shape index (κ3) is 3.89. The maximum atomic E-state index is 9.13. The maximum Gasteiger partial charge on any atom is 0.122 e. The zero-order chi connectivity index (χ0) is 16.9. The maximum absolute atomic E-state index is 9.13. The van der Waals surface area contributed by atoms with Crippen LogP contribution in [0.4, 0.5) is 0 Å². The quantitative estimate of drug-likeness (QED) is 0.885. The van der Waals surface area contributed by atoms with Crippen LogP contribution in [0.1, 0.15) is 29.0 Å². The number of hydrogen-bond donors (Lipinski definition) is 1. The first-order chi connectivity index (χ1) is 11.7. The second-order valence-corrected chi connectivity index (χ2v) is 6.34. The van der Waals surface area contributed by atoms with E-state index in [1.807, 2.05) is 18.2 Å². The Kier molecular flexibility index (Phi) is 5.38. The number of aliphatic hydroxyl groups is 1. The molecule has 1 N–H and O–H groups in total. The van der Waals surface area contributed by atoms with Crippen LogP contribution >= 0.6 is 0 Å². The fourth-order valence-electron chi connectivity index (χ4n) is 3.32. The van der Waals surface area contributed by atoms with Gasteiger partial charge in [0.1, 0.15) is 11.5 Å². The van der Waals surface area contributed by atoms with Crippen LogP contribution in [0.5, 0.6) is 11.5 Å². The molecule has 1 fully saturated rings. The Bertz CT molecular complexity index is 647. The van der Waals surface area contributed by atoms with E-state index in [4.69, 9.17) is 14.6 Å². The van der Waals surface area contributed by atoms with Crippen molar-refractivity contribution in [2.75, 3.05) is 27.3 Å². The fraction of sp³-hybridized carbons (Fsp3) is 0.400. The highest BCUT2D eigenvalue weighted by atomic mass is 16.5. The molecule has 24 heavy (non-hydrogen) atoms. The predicted octanol–water partition coefficient (Wildman–Crippen LogP) is 3.19. The molecule has 1 saturated heterocycles. The first-order valence-corrected chi connectivity index (χ1v) is 8.36. The summed E-state index contributed by atoms with van der Waals surface area (Å²) in [6, 6.07) is 14.4. The summed E-state index contributed by atoms with van der Waals surface area (Å²) in [6.07, 6.45) is 1.14. The molecule has 0 saturated carbocycles. The highest BCUT2D eigenvalue weighted by Gasteiger charge is 2.24. The molecule has 1 aliphatic heterocycles. The van der Waals surface area contributed by atoms with Crippen molar-refractivity contribution in [3.8, 4) is 11.5 Å². The van der Waals surface area contributed by atoms with Gasteiger partial charge in [0.05, 0.1) is 20.8 Å². The minimum absolute atomic E-state index is 0.101. The van der Waals surface area contributed by atoms with E-state index in [2.05, 4.69) is 29.2 Å². The normalized spacial score (nSPS) is 17.9. The Balaban J connectivity index is 1.66. The van der Waals surface area contributed by atoms with Gasteiger partial charge in [-0.25, -0.2) is 0 Å². The van der Waals surface area contributed by atoms with Gasteiger partial charge in [0.15, 0.2) is 0 Å². The van der Waals surface area contributed by atoms with Gasteiger partial charge >= 0.3 is 0 Å². The predicted molar refractivity (Wildman–Crippen MR) is 94.5 cm³/mol. The van der Waals surface area contributed by atoms with Crippen molar-refractivity contribution < 1.29 is 14.6 Å². The number of likely N-dealkylation sites (tertiary alicyclic amines) is 1. The van der Waals surface area contributed by atoms with Crippen molar-refractivity contribution in [2.45, 2.75) is 25.5 Å². The first kappa shape index (κ1) is 16.8. The lowest BCUT2D eigenvalue weighted by Gasteiger charge is -2.17. The number of ether oxygens (including phenoxy) is 2. The van der Waals surface area contributed by atoms with Gasteiger partial charge < -0.3 is 14.6 Å². The summed E-state index contributed by atoms with van der Waals surface area (Å²) in [5, 5.41) is 9.13. The molecule has 0 amide bonds. The van der Waals surface area contributed by atoms with Crippen LogP contribution in [0.25, 0.3) is 0 Å². The summed E-state index contributed by atoms with van der Waals surface area (Å²) in [4.78, 5) is 2.48. The van der Waals surface area contributed by atoms with Crippen LogP contribution in [-0.4, -0.2) is 37.3 Å².